The van der Waals surface area contributed by atoms with Gasteiger partial charge in [-0.25, -0.2) is 9.97 Å². The molecule has 0 N–H and O–H groups in total. The maximum atomic E-state index is 9.96. The zero-order valence-corrected chi connectivity index (χ0v) is 23.8. The minimum atomic E-state index is 0.574. The Morgan fingerprint density at radius 2 is 1.19 bits per heavy atom. The Morgan fingerprint density at radius 3 is 1.70 bits per heavy atom. The molecular formula is C37H26N4O2. The number of nitriles is 1. The van der Waals surface area contributed by atoms with Crippen LogP contribution in [0.3, 0.4) is 0 Å². The lowest BCUT2D eigenvalue weighted by Crippen LogP contribution is -1.97. The number of benzene rings is 5. The lowest BCUT2D eigenvalue weighted by molar-refractivity contribution is 0.619. The first kappa shape index (κ1) is 25.1. The molecule has 6 heteroatoms. The van der Waals surface area contributed by atoms with Gasteiger partial charge in [0, 0.05) is 21.9 Å². The Hall–Kier alpha value is -5.67. The average molecular weight is 559 g/mol. The molecule has 0 unspecified atom stereocenters. The molecule has 8 aromatic rings. The largest absolute Gasteiger partial charge is 0.436 e. The van der Waals surface area contributed by atoms with Gasteiger partial charge in [0.25, 0.3) is 0 Å². The van der Waals surface area contributed by atoms with Gasteiger partial charge in [-0.1, -0.05) is 38.1 Å². The molecule has 6 nitrogen and oxygen atoms in total. The van der Waals surface area contributed by atoms with Crippen molar-refractivity contribution < 1.29 is 8.83 Å². The Morgan fingerprint density at radius 1 is 0.651 bits per heavy atom. The van der Waals surface area contributed by atoms with E-state index < -0.39 is 0 Å². The van der Waals surface area contributed by atoms with Crippen LogP contribution in [0.1, 0.15) is 30.5 Å². The van der Waals surface area contributed by atoms with E-state index in [-0.39, 0.29) is 0 Å². The standard InChI is InChI=1S/C37H26N4O2/c1-3-22-9-15-34-29(17-22)39-36(42-34)24-11-13-32-27(19-24)28-20-25(37-40-30-18-23(4-2)10-16-35(30)43-37)12-14-33(28)41(32)31-8-6-5-7-26(31)21-38/h5-20H,3-4H2,1-2H3. The van der Waals surface area contributed by atoms with Crippen molar-refractivity contribution in [3.05, 3.63) is 114 Å². The maximum Gasteiger partial charge on any atom is 0.227 e. The van der Waals surface area contributed by atoms with Gasteiger partial charge in [-0.15, -0.1) is 0 Å². The van der Waals surface area contributed by atoms with E-state index in [0.29, 0.717) is 17.3 Å². The number of aromatic nitrogens is 3. The van der Waals surface area contributed by atoms with Gasteiger partial charge in [0.2, 0.25) is 11.8 Å². The third-order valence-electron chi connectivity index (χ3n) is 8.24. The lowest BCUT2D eigenvalue weighted by Gasteiger charge is -2.09. The minimum absolute atomic E-state index is 0.574. The first-order valence-electron chi connectivity index (χ1n) is 14.5. The van der Waals surface area contributed by atoms with Crippen LogP contribution in [-0.2, 0) is 12.8 Å². The van der Waals surface area contributed by atoms with Gasteiger partial charge in [0.1, 0.15) is 17.1 Å². The molecular weight excluding hydrogens is 532 g/mol. The van der Waals surface area contributed by atoms with Crippen LogP contribution in [0.5, 0.6) is 0 Å². The van der Waals surface area contributed by atoms with Gasteiger partial charge in [0.05, 0.1) is 22.3 Å². The van der Waals surface area contributed by atoms with E-state index >= 15 is 0 Å². The molecule has 3 heterocycles. The third-order valence-corrected chi connectivity index (χ3v) is 8.24. The summed E-state index contributed by atoms with van der Waals surface area (Å²) in [5.74, 6) is 1.15. The van der Waals surface area contributed by atoms with Crippen molar-refractivity contribution >= 4 is 44.0 Å². The Kier molecular flexibility index (Phi) is 5.66. The molecule has 0 saturated heterocycles. The molecule has 43 heavy (non-hydrogen) atoms. The van der Waals surface area contributed by atoms with E-state index in [1.54, 1.807) is 0 Å². The second-order valence-corrected chi connectivity index (χ2v) is 10.8. The summed E-state index contributed by atoms with van der Waals surface area (Å²) in [6, 6.07) is 34.8. The molecule has 5 aromatic carbocycles. The van der Waals surface area contributed by atoms with Crippen molar-refractivity contribution in [3.8, 4) is 34.7 Å². The first-order chi connectivity index (χ1) is 21.1. The maximum absolute atomic E-state index is 9.96. The van der Waals surface area contributed by atoms with Crippen LogP contribution in [0.15, 0.2) is 106 Å². The summed E-state index contributed by atoms with van der Waals surface area (Å²) in [6.45, 7) is 4.27. The summed E-state index contributed by atoms with van der Waals surface area (Å²) in [7, 11) is 0. The van der Waals surface area contributed by atoms with Crippen LogP contribution >= 0.6 is 0 Å². The number of oxazole rings is 2. The summed E-state index contributed by atoms with van der Waals surface area (Å²) in [6.07, 6.45) is 1.88. The second-order valence-electron chi connectivity index (χ2n) is 10.8. The van der Waals surface area contributed by atoms with Crippen molar-refractivity contribution in [2.75, 3.05) is 0 Å². The predicted molar refractivity (Wildman–Crippen MR) is 170 cm³/mol. The van der Waals surface area contributed by atoms with Gasteiger partial charge in [0.15, 0.2) is 11.2 Å². The van der Waals surface area contributed by atoms with E-state index in [1.807, 2.05) is 48.5 Å². The summed E-state index contributed by atoms with van der Waals surface area (Å²) >= 11 is 0. The monoisotopic (exact) mass is 558 g/mol. The Bertz CT molecular complexity index is 2260. The van der Waals surface area contributed by atoms with Crippen molar-refractivity contribution in [1.29, 1.82) is 5.26 Å². The van der Waals surface area contributed by atoms with Gasteiger partial charge >= 0.3 is 0 Å². The SMILES string of the molecule is CCc1ccc2oc(-c3ccc4c(c3)c3cc(-c5nc6cc(CC)ccc6o5)ccc3n4-c3ccccc3C#N)nc2c1. The minimum Gasteiger partial charge on any atom is -0.436 e. The molecule has 0 atom stereocenters. The van der Waals surface area contributed by atoms with Gasteiger partial charge in [-0.2, -0.15) is 5.26 Å². The molecule has 0 fully saturated rings. The van der Waals surface area contributed by atoms with Crippen molar-refractivity contribution in [3.63, 3.8) is 0 Å². The number of nitrogens with zero attached hydrogens (tertiary/aromatic N) is 4. The number of aryl methyl sites for hydroxylation is 2. The Balaban J connectivity index is 1.37. The highest BCUT2D eigenvalue weighted by molar-refractivity contribution is 6.11. The van der Waals surface area contributed by atoms with Crippen molar-refractivity contribution in [2.45, 2.75) is 26.7 Å². The molecule has 0 radical (unpaired) electrons. The van der Waals surface area contributed by atoms with E-state index in [0.717, 1.165) is 73.7 Å². The van der Waals surface area contributed by atoms with Gasteiger partial charge in [-0.05, 0) is 96.8 Å². The van der Waals surface area contributed by atoms with E-state index in [4.69, 9.17) is 18.8 Å². The normalized spacial score (nSPS) is 11.7. The fourth-order valence-electron chi connectivity index (χ4n) is 5.94. The lowest BCUT2D eigenvalue weighted by atomic mass is 10.1. The summed E-state index contributed by atoms with van der Waals surface area (Å²) < 4.78 is 14.6. The number of hydrogen-bond acceptors (Lipinski definition) is 5. The zero-order chi connectivity index (χ0) is 29.1. The topological polar surface area (TPSA) is 80.8 Å². The van der Waals surface area contributed by atoms with Gasteiger partial charge < -0.3 is 13.4 Å². The molecule has 8 rings (SSSR count). The fourth-order valence-corrected chi connectivity index (χ4v) is 5.94. The molecule has 0 saturated carbocycles. The van der Waals surface area contributed by atoms with Crippen molar-refractivity contribution in [1.82, 2.24) is 14.5 Å². The van der Waals surface area contributed by atoms with E-state index in [2.05, 4.69) is 73.0 Å². The molecule has 0 aliphatic heterocycles. The first-order valence-corrected chi connectivity index (χ1v) is 14.5. The summed E-state index contributed by atoms with van der Waals surface area (Å²) in [5.41, 5.74) is 10.8. The average Bonchev–Trinajstić information content (AvgIpc) is 3.77. The molecule has 0 amide bonds. The van der Waals surface area contributed by atoms with Crippen LogP contribution in [-0.4, -0.2) is 14.5 Å². The highest BCUT2D eigenvalue weighted by atomic mass is 16.4. The molecule has 0 aliphatic rings. The number of para-hydroxylation sites is 1. The summed E-state index contributed by atoms with van der Waals surface area (Å²) in [4.78, 5) is 9.67. The smallest absolute Gasteiger partial charge is 0.227 e. The number of fused-ring (bicyclic) bond motifs is 5. The highest BCUT2D eigenvalue weighted by Crippen LogP contribution is 2.38. The molecule has 0 spiro atoms. The molecule has 0 aliphatic carbocycles. The van der Waals surface area contributed by atoms with E-state index in [9.17, 15) is 5.26 Å². The fraction of sp³-hybridized carbons (Fsp3) is 0.108. The van der Waals surface area contributed by atoms with Crippen LogP contribution in [0.25, 0.3) is 72.6 Å². The zero-order valence-electron chi connectivity index (χ0n) is 23.8. The van der Waals surface area contributed by atoms with Gasteiger partial charge in [-0.3, -0.25) is 0 Å². The second kappa shape index (κ2) is 9.71. The van der Waals surface area contributed by atoms with E-state index in [1.165, 1.54) is 11.1 Å². The summed E-state index contributed by atoms with van der Waals surface area (Å²) in [5, 5.41) is 12.0. The molecule has 0 bridgehead atoms. The van der Waals surface area contributed by atoms with Crippen LogP contribution in [0.4, 0.5) is 0 Å². The third kappa shape index (κ3) is 4.01. The van der Waals surface area contributed by atoms with Crippen LogP contribution in [0, 0.1) is 11.3 Å². The van der Waals surface area contributed by atoms with Crippen molar-refractivity contribution in [2.24, 2.45) is 0 Å². The predicted octanol–water partition coefficient (Wildman–Crippen LogP) is 9.40. The molecule has 3 aromatic heterocycles. The number of rotatable bonds is 5. The van der Waals surface area contributed by atoms with Crippen LogP contribution < -0.4 is 0 Å². The Labute approximate surface area is 247 Å². The number of hydrogen-bond donors (Lipinski definition) is 0. The van der Waals surface area contributed by atoms with Crippen LogP contribution in [0.2, 0.25) is 0 Å². The molecule has 206 valence electrons. The quantitative estimate of drug-likeness (QED) is 0.210. The highest BCUT2D eigenvalue weighted by Gasteiger charge is 2.19.